The van der Waals surface area contributed by atoms with E-state index in [1.807, 2.05) is 0 Å². The van der Waals surface area contributed by atoms with Crippen molar-refractivity contribution < 1.29 is 14.9 Å². The normalized spacial score (nSPS) is 13.5. The molecule has 0 fully saturated rings. The second-order valence-electron chi connectivity index (χ2n) is 13.9. The highest BCUT2D eigenvalue weighted by atomic mass is 16.5. The predicted octanol–water partition coefficient (Wildman–Crippen LogP) is 12.0. The fourth-order valence-corrected chi connectivity index (χ4v) is 6.15. The molecule has 41 heavy (non-hydrogen) atoms. The van der Waals surface area contributed by atoms with E-state index in [1.165, 1.54) is 167 Å². The predicted molar refractivity (Wildman–Crippen MR) is 182 cm³/mol. The van der Waals surface area contributed by atoms with Gasteiger partial charge in [-0.15, -0.1) is 0 Å². The first kappa shape index (κ1) is 40.9. The Morgan fingerprint density at radius 3 is 0.707 bits per heavy atom. The van der Waals surface area contributed by atoms with Gasteiger partial charge in [0.25, 0.3) is 0 Å². The van der Waals surface area contributed by atoms with Crippen LogP contribution in [0.3, 0.4) is 0 Å². The quantitative estimate of drug-likeness (QED) is 0.0742. The van der Waals surface area contributed by atoms with Crippen LogP contribution in [0.4, 0.5) is 0 Å². The molecular formula is C38H78O3. The van der Waals surface area contributed by atoms with Gasteiger partial charge in [-0.1, -0.05) is 182 Å². The maximum absolute atomic E-state index is 8.83. The summed E-state index contributed by atoms with van der Waals surface area (Å²) in [5.41, 5.74) is 0. The minimum atomic E-state index is 0.361. The van der Waals surface area contributed by atoms with Crippen molar-refractivity contribution in [3.05, 3.63) is 0 Å². The average molecular weight is 583 g/mol. The second kappa shape index (κ2) is 32.8. The van der Waals surface area contributed by atoms with Crippen LogP contribution in [0, 0.1) is 11.8 Å². The molecule has 0 aromatic carbocycles. The van der Waals surface area contributed by atoms with E-state index in [1.54, 1.807) is 0 Å². The molecule has 2 atom stereocenters. The summed E-state index contributed by atoms with van der Waals surface area (Å²) in [6.45, 7) is 10.1. The molecule has 0 saturated carbocycles. The third-order valence-corrected chi connectivity index (χ3v) is 9.13. The zero-order chi connectivity index (χ0) is 30.2. The Kier molecular flexibility index (Phi) is 32.7. The van der Waals surface area contributed by atoms with Crippen molar-refractivity contribution in [3.63, 3.8) is 0 Å². The SMILES string of the molecule is CC(C)C(CCCCCCCCCCCCCCCO)OC(CCCCCCCCCCCCCCCO)C(C)C. The molecule has 0 amide bonds. The van der Waals surface area contributed by atoms with E-state index in [0.29, 0.717) is 37.3 Å². The van der Waals surface area contributed by atoms with Crippen molar-refractivity contribution in [2.75, 3.05) is 13.2 Å². The molecule has 0 saturated heterocycles. The van der Waals surface area contributed by atoms with Crippen molar-refractivity contribution in [3.8, 4) is 0 Å². The van der Waals surface area contributed by atoms with Gasteiger partial charge in [0, 0.05) is 13.2 Å². The number of aliphatic hydroxyl groups excluding tert-OH is 2. The van der Waals surface area contributed by atoms with Crippen LogP contribution in [-0.4, -0.2) is 35.6 Å². The van der Waals surface area contributed by atoms with Crippen LogP contribution in [0.2, 0.25) is 0 Å². The molecule has 0 radical (unpaired) electrons. The first-order valence-electron chi connectivity index (χ1n) is 18.9. The number of unbranched alkanes of at least 4 members (excludes halogenated alkanes) is 24. The zero-order valence-corrected chi connectivity index (χ0v) is 28.8. The highest BCUT2D eigenvalue weighted by molar-refractivity contribution is 4.70. The summed E-state index contributed by atoms with van der Waals surface area (Å²) in [6.07, 6.45) is 38.0. The van der Waals surface area contributed by atoms with Crippen LogP contribution in [-0.2, 0) is 4.74 Å². The van der Waals surface area contributed by atoms with Gasteiger partial charge >= 0.3 is 0 Å². The van der Waals surface area contributed by atoms with E-state index in [9.17, 15) is 0 Å². The monoisotopic (exact) mass is 583 g/mol. The summed E-state index contributed by atoms with van der Waals surface area (Å²) >= 11 is 0. The van der Waals surface area contributed by atoms with Crippen molar-refractivity contribution >= 4 is 0 Å². The molecule has 0 rings (SSSR count). The summed E-state index contributed by atoms with van der Waals surface area (Å²) in [6, 6.07) is 0. The first-order valence-corrected chi connectivity index (χ1v) is 18.9. The third-order valence-electron chi connectivity index (χ3n) is 9.13. The highest BCUT2D eigenvalue weighted by Gasteiger charge is 2.21. The Balaban J connectivity index is 3.77. The van der Waals surface area contributed by atoms with Gasteiger partial charge in [-0.25, -0.2) is 0 Å². The lowest BCUT2D eigenvalue weighted by atomic mass is 9.96. The smallest absolute Gasteiger partial charge is 0.0601 e. The lowest BCUT2D eigenvalue weighted by Gasteiger charge is -2.30. The van der Waals surface area contributed by atoms with Gasteiger partial charge in [0.1, 0.15) is 0 Å². The molecule has 3 heteroatoms. The number of hydrogen-bond donors (Lipinski definition) is 2. The Bertz CT molecular complexity index is 436. The maximum atomic E-state index is 8.83. The van der Waals surface area contributed by atoms with Gasteiger partial charge in [-0.05, 0) is 37.5 Å². The Morgan fingerprint density at radius 2 is 0.512 bits per heavy atom. The van der Waals surface area contributed by atoms with Crippen molar-refractivity contribution in [1.29, 1.82) is 0 Å². The van der Waals surface area contributed by atoms with Crippen LogP contribution >= 0.6 is 0 Å². The lowest BCUT2D eigenvalue weighted by molar-refractivity contribution is -0.0650. The van der Waals surface area contributed by atoms with E-state index in [4.69, 9.17) is 14.9 Å². The molecule has 248 valence electrons. The Hall–Kier alpha value is -0.120. The van der Waals surface area contributed by atoms with Gasteiger partial charge in [0.2, 0.25) is 0 Å². The molecule has 0 aromatic rings. The molecule has 2 N–H and O–H groups in total. The third kappa shape index (κ3) is 29.7. The molecule has 2 unspecified atom stereocenters. The molecule has 0 aliphatic carbocycles. The summed E-state index contributed by atoms with van der Waals surface area (Å²) in [5.74, 6) is 1.22. The van der Waals surface area contributed by atoms with Crippen molar-refractivity contribution in [2.24, 2.45) is 11.8 Å². The molecule has 0 aromatic heterocycles. The highest BCUT2D eigenvalue weighted by Crippen LogP contribution is 2.24. The summed E-state index contributed by atoms with van der Waals surface area (Å²) in [5, 5.41) is 17.7. The molecule has 3 nitrogen and oxygen atoms in total. The molecule has 0 spiro atoms. The Morgan fingerprint density at radius 1 is 0.317 bits per heavy atom. The van der Waals surface area contributed by atoms with Crippen LogP contribution in [0.15, 0.2) is 0 Å². The number of aliphatic hydroxyl groups is 2. The Labute approximate surface area is 259 Å². The van der Waals surface area contributed by atoms with Crippen molar-refractivity contribution in [2.45, 2.75) is 220 Å². The average Bonchev–Trinajstić information content (AvgIpc) is 2.95. The summed E-state index contributed by atoms with van der Waals surface area (Å²) < 4.78 is 6.78. The standard InChI is InChI=1S/C38H78O3/c1-35(2)37(31-27-23-19-15-11-7-5-9-13-17-21-25-29-33-39)41-38(36(3)4)32-28-24-20-16-12-8-6-10-14-18-22-26-30-34-40/h35-40H,5-34H2,1-4H3. The van der Waals surface area contributed by atoms with Crippen LogP contribution < -0.4 is 0 Å². The summed E-state index contributed by atoms with van der Waals surface area (Å²) in [4.78, 5) is 0. The van der Waals surface area contributed by atoms with E-state index >= 15 is 0 Å². The van der Waals surface area contributed by atoms with Gasteiger partial charge in [0.15, 0.2) is 0 Å². The fraction of sp³-hybridized carbons (Fsp3) is 1.00. The van der Waals surface area contributed by atoms with E-state index in [-0.39, 0.29) is 0 Å². The minimum Gasteiger partial charge on any atom is -0.396 e. The molecule has 0 aliphatic heterocycles. The first-order chi connectivity index (χ1) is 20.0. The lowest BCUT2D eigenvalue weighted by Crippen LogP contribution is -2.30. The molecule has 0 heterocycles. The fourth-order valence-electron chi connectivity index (χ4n) is 6.15. The molecule has 0 aliphatic rings. The zero-order valence-electron chi connectivity index (χ0n) is 28.8. The van der Waals surface area contributed by atoms with E-state index in [0.717, 1.165) is 12.8 Å². The number of ether oxygens (including phenoxy) is 1. The van der Waals surface area contributed by atoms with Gasteiger partial charge in [-0.3, -0.25) is 0 Å². The maximum Gasteiger partial charge on any atom is 0.0601 e. The van der Waals surface area contributed by atoms with E-state index < -0.39 is 0 Å². The van der Waals surface area contributed by atoms with Crippen LogP contribution in [0.1, 0.15) is 207 Å². The van der Waals surface area contributed by atoms with Gasteiger partial charge in [0.05, 0.1) is 12.2 Å². The summed E-state index contributed by atoms with van der Waals surface area (Å²) in [7, 11) is 0. The topological polar surface area (TPSA) is 49.7 Å². The van der Waals surface area contributed by atoms with Gasteiger partial charge in [-0.2, -0.15) is 0 Å². The molecule has 0 bridgehead atoms. The van der Waals surface area contributed by atoms with Crippen LogP contribution in [0.25, 0.3) is 0 Å². The van der Waals surface area contributed by atoms with E-state index in [2.05, 4.69) is 27.7 Å². The second-order valence-corrected chi connectivity index (χ2v) is 13.9. The molecular weight excluding hydrogens is 504 g/mol. The number of rotatable bonds is 34. The van der Waals surface area contributed by atoms with Crippen LogP contribution in [0.5, 0.6) is 0 Å². The van der Waals surface area contributed by atoms with Crippen molar-refractivity contribution in [1.82, 2.24) is 0 Å². The number of hydrogen-bond acceptors (Lipinski definition) is 3. The minimum absolute atomic E-state index is 0.361. The van der Waals surface area contributed by atoms with Gasteiger partial charge < -0.3 is 14.9 Å². The largest absolute Gasteiger partial charge is 0.396 e.